The summed E-state index contributed by atoms with van der Waals surface area (Å²) in [6, 6.07) is 13.0. The van der Waals surface area contributed by atoms with Crippen LogP contribution in [-0.4, -0.2) is 37.0 Å². The molecule has 0 fully saturated rings. The Morgan fingerprint density at radius 3 is 2.68 bits per heavy atom. The van der Waals surface area contributed by atoms with Crippen molar-refractivity contribution in [2.24, 2.45) is 0 Å². The van der Waals surface area contributed by atoms with E-state index in [2.05, 4.69) is 5.32 Å². The molecule has 0 aliphatic carbocycles. The molecule has 0 heterocycles. The molecule has 0 aliphatic heterocycles. The van der Waals surface area contributed by atoms with Crippen molar-refractivity contribution in [3.63, 3.8) is 0 Å². The van der Waals surface area contributed by atoms with E-state index in [1.807, 2.05) is 31.0 Å². The minimum Gasteiger partial charge on any atom is -0.492 e. The molecule has 1 amide bonds. The van der Waals surface area contributed by atoms with Crippen LogP contribution in [0.15, 0.2) is 48.5 Å². The maximum Gasteiger partial charge on any atom is 0.237 e. The van der Waals surface area contributed by atoms with Crippen LogP contribution in [0.5, 0.6) is 5.75 Å². The van der Waals surface area contributed by atoms with Crippen molar-refractivity contribution in [1.29, 1.82) is 0 Å². The molecule has 6 heteroatoms. The minimum atomic E-state index is -0.333. The van der Waals surface area contributed by atoms with E-state index in [9.17, 15) is 9.18 Å². The largest absolute Gasteiger partial charge is 0.492 e. The van der Waals surface area contributed by atoms with E-state index in [0.717, 1.165) is 5.56 Å². The van der Waals surface area contributed by atoms with E-state index < -0.39 is 0 Å². The molecule has 0 spiro atoms. The topological polar surface area (TPSA) is 41.6 Å². The Morgan fingerprint density at radius 2 is 2.00 bits per heavy atom. The van der Waals surface area contributed by atoms with E-state index >= 15 is 0 Å². The molecule has 0 radical (unpaired) electrons. The number of benzene rings is 2. The smallest absolute Gasteiger partial charge is 0.237 e. The maximum atomic E-state index is 13.1. The highest BCUT2D eigenvalue weighted by Crippen LogP contribution is 2.12. The zero-order valence-corrected chi connectivity index (χ0v) is 15.1. The summed E-state index contributed by atoms with van der Waals surface area (Å²) in [5.74, 6) is 0.0808. The number of ether oxygens (including phenoxy) is 1. The average Bonchev–Trinajstić information content (AvgIpc) is 2.60. The maximum absolute atomic E-state index is 13.1. The van der Waals surface area contributed by atoms with Crippen LogP contribution in [0.2, 0.25) is 5.02 Å². The highest BCUT2D eigenvalue weighted by atomic mass is 35.5. The van der Waals surface area contributed by atoms with Gasteiger partial charge in [-0.1, -0.05) is 29.8 Å². The third-order valence-electron chi connectivity index (χ3n) is 3.93. The number of hydrogen-bond acceptors (Lipinski definition) is 3. The summed E-state index contributed by atoms with van der Waals surface area (Å²) in [5, 5.41) is 3.57. The van der Waals surface area contributed by atoms with E-state index in [0.29, 0.717) is 30.5 Å². The molecule has 1 unspecified atom stereocenters. The SMILES string of the molecule is CC(C(=O)NCc1ccc(Cl)cc1)N(C)CCOc1cccc(F)c1. The molecule has 2 aromatic rings. The molecule has 1 atom stereocenters. The van der Waals surface area contributed by atoms with Crippen LogP contribution >= 0.6 is 11.6 Å². The van der Waals surface area contributed by atoms with Gasteiger partial charge in [0.1, 0.15) is 18.2 Å². The Kier molecular flexibility index (Phi) is 7.22. The van der Waals surface area contributed by atoms with Crippen molar-refractivity contribution in [3.8, 4) is 5.75 Å². The lowest BCUT2D eigenvalue weighted by atomic mass is 10.2. The quantitative estimate of drug-likeness (QED) is 0.779. The molecule has 134 valence electrons. The number of likely N-dealkylation sites (N-methyl/N-ethyl adjacent to an activating group) is 1. The van der Waals surface area contributed by atoms with E-state index in [1.54, 1.807) is 24.3 Å². The van der Waals surface area contributed by atoms with Crippen molar-refractivity contribution < 1.29 is 13.9 Å². The molecule has 1 N–H and O–H groups in total. The Labute approximate surface area is 152 Å². The molecule has 0 saturated carbocycles. The van der Waals surface area contributed by atoms with Crippen LogP contribution in [0.25, 0.3) is 0 Å². The summed E-state index contributed by atoms with van der Waals surface area (Å²) in [6.45, 7) is 3.20. The van der Waals surface area contributed by atoms with Gasteiger partial charge in [0.15, 0.2) is 0 Å². The highest BCUT2D eigenvalue weighted by molar-refractivity contribution is 6.30. The summed E-state index contributed by atoms with van der Waals surface area (Å²) < 4.78 is 18.6. The fourth-order valence-corrected chi connectivity index (χ4v) is 2.32. The van der Waals surface area contributed by atoms with Crippen LogP contribution in [0.1, 0.15) is 12.5 Å². The number of nitrogens with zero attached hydrogens (tertiary/aromatic N) is 1. The van der Waals surface area contributed by atoms with E-state index in [1.165, 1.54) is 12.1 Å². The lowest BCUT2D eigenvalue weighted by molar-refractivity contribution is -0.125. The van der Waals surface area contributed by atoms with Gasteiger partial charge in [-0.25, -0.2) is 4.39 Å². The first-order chi connectivity index (χ1) is 12.0. The predicted octanol–water partition coefficient (Wildman–Crippen LogP) is 3.49. The van der Waals surface area contributed by atoms with Crippen molar-refractivity contribution in [1.82, 2.24) is 10.2 Å². The number of amides is 1. The van der Waals surface area contributed by atoms with E-state index in [4.69, 9.17) is 16.3 Å². The number of carbonyl (C=O) groups excluding carboxylic acids is 1. The van der Waals surface area contributed by atoms with Gasteiger partial charge in [-0.15, -0.1) is 0 Å². The fourth-order valence-electron chi connectivity index (χ4n) is 2.20. The average molecular weight is 365 g/mol. The van der Waals surface area contributed by atoms with Gasteiger partial charge in [-0.05, 0) is 43.8 Å². The van der Waals surface area contributed by atoms with Crippen LogP contribution in [0.3, 0.4) is 0 Å². The van der Waals surface area contributed by atoms with Gasteiger partial charge in [0.25, 0.3) is 0 Å². The number of nitrogens with one attached hydrogen (secondary N) is 1. The predicted molar refractivity (Wildman–Crippen MR) is 97.3 cm³/mol. The van der Waals surface area contributed by atoms with Gasteiger partial charge >= 0.3 is 0 Å². The first-order valence-corrected chi connectivity index (χ1v) is 8.44. The first-order valence-electron chi connectivity index (χ1n) is 8.06. The van der Waals surface area contributed by atoms with Gasteiger partial charge in [0.05, 0.1) is 6.04 Å². The second kappa shape index (κ2) is 9.39. The molecule has 0 bridgehead atoms. The van der Waals surface area contributed by atoms with Crippen molar-refractivity contribution in [2.45, 2.75) is 19.5 Å². The number of carbonyl (C=O) groups is 1. The summed E-state index contributed by atoms with van der Waals surface area (Å²) in [7, 11) is 1.85. The molecule has 2 rings (SSSR count). The molecule has 4 nitrogen and oxygen atoms in total. The zero-order valence-electron chi connectivity index (χ0n) is 14.3. The zero-order chi connectivity index (χ0) is 18.2. The van der Waals surface area contributed by atoms with Crippen LogP contribution in [0.4, 0.5) is 4.39 Å². The van der Waals surface area contributed by atoms with Gasteiger partial charge in [0.2, 0.25) is 5.91 Å². The monoisotopic (exact) mass is 364 g/mol. The van der Waals surface area contributed by atoms with Crippen LogP contribution in [-0.2, 0) is 11.3 Å². The molecule has 0 aliphatic rings. The highest BCUT2D eigenvalue weighted by Gasteiger charge is 2.17. The number of rotatable bonds is 8. The normalized spacial score (nSPS) is 12.0. The molecule has 0 saturated heterocycles. The molecule has 0 aromatic heterocycles. The summed E-state index contributed by atoms with van der Waals surface area (Å²) in [5.41, 5.74) is 0.988. The number of hydrogen-bond donors (Lipinski definition) is 1. The second-order valence-electron chi connectivity index (χ2n) is 5.81. The van der Waals surface area contributed by atoms with Gasteiger partial charge < -0.3 is 10.1 Å². The molecule has 2 aromatic carbocycles. The van der Waals surface area contributed by atoms with Gasteiger partial charge in [-0.3, -0.25) is 9.69 Å². The summed E-state index contributed by atoms with van der Waals surface area (Å²) in [4.78, 5) is 14.1. The Bertz CT molecular complexity index is 694. The van der Waals surface area contributed by atoms with E-state index in [-0.39, 0.29) is 17.8 Å². The van der Waals surface area contributed by atoms with Crippen molar-refractivity contribution in [2.75, 3.05) is 20.2 Å². The first kappa shape index (κ1) is 19.2. The van der Waals surface area contributed by atoms with Crippen LogP contribution in [0, 0.1) is 5.82 Å². The lowest BCUT2D eigenvalue weighted by Gasteiger charge is -2.23. The number of halogens is 2. The Morgan fingerprint density at radius 1 is 1.28 bits per heavy atom. The second-order valence-corrected chi connectivity index (χ2v) is 6.24. The third-order valence-corrected chi connectivity index (χ3v) is 4.18. The molecular formula is C19H22ClFN2O2. The standard InChI is InChI=1S/C19H22ClFN2O2/c1-14(19(24)22-13-15-6-8-16(20)9-7-15)23(2)10-11-25-18-5-3-4-17(21)12-18/h3-9,12,14H,10-11,13H2,1-2H3,(H,22,24). The van der Waals surface area contributed by atoms with Crippen molar-refractivity contribution >= 4 is 17.5 Å². The summed E-state index contributed by atoms with van der Waals surface area (Å²) >= 11 is 5.84. The fraction of sp³-hybridized carbons (Fsp3) is 0.316. The van der Waals surface area contributed by atoms with Gasteiger partial charge in [0, 0.05) is 24.2 Å². The Hall–Kier alpha value is -2.11. The molecule has 25 heavy (non-hydrogen) atoms. The third kappa shape index (κ3) is 6.36. The van der Waals surface area contributed by atoms with Crippen molar-refractivity contribution in [3.05, 3.63) is 64.9 Å². The minimum absolute atomic E-state index is 0.0665. The summed E-state index contributed by atoms with van der Waals surface area (Å²) in [6.07, 6.45) is 0. The van der Waals surface area contributed by atoms with Crippen LogP contribution < -0.4 is 10.1 Å². The molecular weight excluding hydrogens is 343 g/mol. The van der Waals surface area contributed by atoms with Gasteiger partial charge in [-0.2, -0.15) is 0 Å². The Balaban J connectivity index is 1.73. The lowest BCUT2D eigenvalue weighted by Crippen LogP contribution is -2.44.